The molecule has 1 aromatic heterocycles. The number of carbonyl (C=O) groups excluding carboxylic acids is 2. The predicted molar refractivity (Wildman–Crippen MR) is 66.8 cm³/mol. The molecule has 0 atom stereocenters. The Morgan fingerprint density at radius 3 is 2.83 bits per heavy atom. The second-order valence-electron chi connectivity index (χ2n) is 3.91. The molecule has 5 nitrogen and oxygen atoms in total. The SMILES string of the molecule is CCOC(=O)CCN(C)C(=O)Cc1cccnc1. The molecule has 1 rings (SSSR count). The average Bonchev–Trinajstić information content (AvgIpc) is 2.37. The first-order chi connectivity index (χ1) is 8.63. The Kier molecular flexibility index (Phi) is 5.84. The molecule has 5 heteroatoms. The highest BCUT2D eigenvalue weighted by atomic mass is 16.5. The van der Waals surface area contributed by atoms with Gasteiger partial charge in [-0.2, -0.15) is 0 Å². The second-order valence-corrected chi connectivity index (χ2v) is 3.91. The highest BCUT2D eigenvalue weighted by Crippen LogP contribution is 2.01. The third kappa shape index (κ3) is 4.95. The number of aromatic nitrogens is 1. The van der Waals surface area contributed by atoms with Gasteiger partial charge in [0.05, 0.1) is 19.4 Å². The molecule has 0 spiro atoms. The van der Waals surface area contributed by atoms with Gasteiger partial charge in [-0.15, -0.1) is 0 Å². The van der Waals surface area contributed by atoms with E-state index in [1.165, 1.54) is 4.90 Å². The van der Waals surface area contributed by atoms with Crippen molar-refractivity contribution >= 4 is 11.9 Å². The molecule has 0 saturated carbocycles. The van der Waals surface area contributed by atoms with E-state index in [9.17, 15) is 9.59 Å². The van der Waals surface area contributed by atoms with Crippen LogP contribution in [0, 0.1) is 0 Å². The first kappa shape index (κ1) is 14.2. The van der Waals surface area contributed by atoms with Crippen LogP contribution in [0.15, 0.2) is 24.5 Å². The van der Waals surface area contributed by atoms with Gasteiger partial charge < -0.3 is 9.64 Å². The quantitative estimate of drug-likeness (QED) is 0.708. The Bertz CT molecular complexity index is 392. The number of hydrogen-bond donors (Lipinski definition) is 0. The fourth-order valence-electron chi connectivity index (χ4n) is 1.43. The molecule has 0 aliphatic heterocycles. The standard InChI is InChI=1S/C13H18N2O3/c1-3-18-13(17)6-8-15(2)12(16)9-11-5-4-7-14-10-11/h4-5,7,10H,3,6,8-9H2,1-2H3. The molecule has 0 radical (unpaired) electrons. The molecule has 0 aromatic carbocycles. The monoisotopic (exact) mass is 250 g/mol. The van der Waals surface area contributed by atoms with Gasteiger partial charge in [0.2, 0.25) is 5.91 Å². The third-order valence-electron chi connectivity index (χ3n) is 2.46. The van der Waals surface area contributed by atoms with Gasteiger partial charge in [-0.1, -0.05) is 6.07 Å². The van der Waals surface area contributed by atoms with E-state index in [1.54, 1.807) is 32.4 Å². The molecule has 0 fully saturated rings. The number of likely N-dealkylation sites (N-methyl/N-ethyl adjacent to an activating group) is 1. The fourth-order valence-corrected chi connectivity index (χ4v) is 1.43. The molecule has 18 heavy (non-hydrogen) atoms. The van der Waals surface area contributed by atoms with E-state index in [2.05, 4.69) is 4.98 Å². The van der Waals surface area contributed by atoms with Crippen LogP contribution in [0.2, 0.25) is 0 Å². The van der Waals surface area contributed by atoms with Crippen molar-refractivity contribution < 1.29 is 14.3 Å². The first-order valence-electron chi connectivity index (χ1n) is 5.92. The average molecular weight is 250 g/mol. The zero-order valence-electron chi connectivity index (χ0n) is 10.8. The Labute approximate surface area is 107 Å². The van der Waals surface area contributed by atoms with Crippen LogP contribution in [0.5, 0.6) is 0 Å². The molecule has 98 valence electrons. The molecule has 0 saturated heterocycles. The first-order valence-corrected chi connectivity index (χ1v) is 5.92. The van der Waals surface area contributed by atoms with Crippen LogP contribution in [0.1, 0.15) is 18.9 Å². The van der Waals surface area contributed by atoms with Gasteiger partial charge in [0.15, 0.2) is 0 Å². The summed E-state index contributed by atoms with van der Waals surface area (Å²) >= 11 is 0. The largest absolute Gasteiger partial charge is 0.466 e. The minimum Gasteiger partial charge on any atom is -0.466 e. The van der Waals surface area contributed by atoms with Crippen molar-refractivity contribution in [1.82, 2.24) is 9.88 Å². The minimum atomic E-state index is -0.279. The van der Waals surface area contributed by atoms with Gasteiger partial charge in [-0.05, 0) is 18.6 Å². The topological polar surface area (TPSA) is 59.5 Å². The fraction of sp³-hybridized carbons (Fsp3) is 0.462. The summed E-state index contributed by atoms with van der Waals surface area (Å²) in [6.07, 6.45) is 3.85. The predicted octanol–water partition coefficient (Wildman–Crippen LogP) is 1.04. The summed E-state index contributed by atoms with van der Waals surface area (Å²) in [6.45, 7) is 2.50. The van der Waals surface area contributed by atoms with Gasteiger partial charge in [0, 0.05) is 26.0 Å². The van der Waals surface area contributed by atoms with Gasteiger partial charge in [-0.3, -0.25) is 14.6 Å². The van der Waals surface area contributed by atoms with Crippen LogP contribution in [-0.2, 0) is 20.7 Å². The highest BCUT2D eigenvalue weighted by Gasteiger charge is 2.11. The molecule has 0 bridgehead atoms. The minimum absolute atomic E-state index is 0.0349. The molecule has 1 amide bonds. The van der Waals surface area contributed by atoms with E-state index in [0.29, 0.717) is 19.6 Å². The van der Waals surface area contributed by atoms with Crippen molar-refractivity contribution in [3.05, 3.63) is 30.1 Å². The van der Waals surface area contributed by atoms with E-state index in [0.717, 1.165) is 5.56 Å². The number of esters is 1. The lowest BCUT2D eigenvalue weighted by Crippen LogP contribution is -2.30. The van der Waals surface area contributed by atoms with Crippen LogP contribution in [0.3, 0.4) is 0 Å². The summed E-state index contributed by atoms with van der Waals surface area (Å²) in [6, 6.07) is 3.64. The van der Waals surface area contributed by atoms with E-state index in [1.807, 2.05) is 6.07 Å². The lowest BCUT2D eigenvalue weighted by Gasteiger charge is -2.16. The maximum Gasteiger partial charge on any atom is 0.307 e. The normalized spacial score (nSPS) is 9.89. The number of pyridine rings is 1. The van der Waals surface area contributed by atoms with Crippen LogP contribution < -0.4 is 0 Å². The number of amides is 1. The van der Waals surface area contributed by atoms with E-state index >= 15 is 0 Å². The van der Waals surface area contributed by atoms with Gasteiger partial charge in [0.25, 0.3) is 0 Å². The molecular formula is C13H18N2O3. The van der Waals surface area contributed by atoms with Crippen molar-refractivity contribution in [3.63, 3.8) is 0 Å². The number of rotatable bonds is 6. The summed E-state index contributed by atoms with van der Waals surface area (Å²) in [5, 5.41) is 0. The number of hydrogen-bond acceptors (Lipinski definition) is 4. The maximum atomic E-state index is 11.8. The van der Waals surface area contributed by atoms with Crippen molar-refractivity contribution in [2.24, 2.45) is 0 Å². The summed E-state index contributed by atoms with van der Waals surface area (Å²) in [5.41, 5.74) is 0.866. The zero-order chi connectivity index (χ0) is 13.4. The van der Waals surface area contributed by atoms with Crippen LogP contribution >= 0.6 is 0 Å². The maximum absolute atomic E-state index is 11.8. The Balaban J connectivity index is 2.35. The molecule has 0 aliphatic carbocycles. The van der Waals surface area contributed by atoms with E-state index in [-0.39, 0.29) is 18.3 Å². The lowest BCUT2D eigenvalue weighted by molar-refractivity contribution is -0.143. The van der Waals surface area contributed by atoms with Crippen LogP contribution in [0.4, 0.5) is 0 Å². The van der Waals surface area contributed by atoms with Gasteiger partial charge >= 0.3 is 5.97 Å². The molecule has 0 N–H and O–H groups in total. The highest BCUT2D eigenvalue weighted by molar-refractivity contribution is 5.79. The summed E-state index contributed by atoms with van der Waals surface area (Å²) in [5.74, 6) is -0.314. The van der Waals surface area contributed by atoms with Crippen molar-refractivity contribution in [1.29, 1.82) is 0 Å². The number of ether oxygens (including phenoxy) is 1. The lowest BCUT2D eigenvalue weighted by atomic mass is 10.2. The molecule has 1 aromatic rings. The van der Waals surface area contributed by atoms with E-state index < -0.39 is 0 Å². The Morgan fingerprint density at radius 2 is 2.22 bits per heavy atom. The van der Waals surface area contributed by atoms with Crippen molar-refractivity contribution in [2.45, 2.75) is 19.8 Å². The zero-order valence-corrected chi connectivity index (χ0v) is 10.8. The van der Waals surface area contributed by atoms with Gasteiger partial charge in [-0.25, -0.2) is 0 Å². The molecule has 0 unspecified atom stereocenters. The Hall–Kier alpha value is -1.91. The molecule has 1 heterocycles. The molecule has 0 aliphatic rings. The second kappa shape index (κ2) is 7.42. The summed E-state index contributed by atoms with van der Waals surface area (Å²) in [7, 11) is 1.68. The number of nitrogens with zero attached hydrogens (tertiary/aromatic N) is 2. The smallest absolute Gasteiger partial charge is 0.307 e. The van der Waals surface area contributed by atoms with Crippen LogP contribution in [-0.4, -0.2) is 42.0 Å². The summed E-state index contributed by atoms with van der Waals surface area (Å²) in [4.78, 5) is 28.5. The Morgan fingerprint density at radius 1 is 1.44 bits per heavy atom. The third-order valence-corrected chi connectivity index (χ3v) is 2.46. The van der Waals surface area contributed by atoms with Crippen LogP contribution in [0.25, 0.3) is 0 Å². The molecular weight excluding hydrogens is 232 g/mol. The van der Waals surface area contributed by atoms with Crippen molar-refractivity contribution in [3.8, 4) is 0 Å². The summed E-state index contributed by atoms with van der Waals surface area (Å²) < 4.78 is 4.80. The van der Waals surface area contributed by atoms with Gasteiger partial charge in [0.1, 0.15) is 0 Å². The number of carbonyl (C=O) groups is 2. The van der Waals surface area contributed by atoms with Crippen molar-refractivity contribution in [2.75, 3.05) is 20.2 Å². The van der Waals surface area contributed by atoms with E-state index in [4.69, 9.17) is 4.74 Å².